The van der Waals surface area contributed by atoms with E-state index in [1.54, 1.807) is 6.07 Å². The molecule has 1 aliphatic heterocycles. The number of pyridine rings is 1. The van der Waals surface area contributed by atoms with E-state index in [9.17, 15) is 0 Å². The Hall–Kier alpha value is -6.98. The van der Waals surface area contributed by atoms with Crippen molar-refractivity contribution in [2.24, 2.45) is 0 Å². The first-order chi connectivity index (χ1) is 36.2. The van der Waals surface area contributed by atoms with Crippen LogP contribution in [0.25, 0.3) is 27.6 Å². The number of aromatic nitrogens is 2. The number of anilines is 4. The number of nitrogens with zero attached hydrogens (tertiary/aromatic N) is 4. The molecule has 0 saturated carbocycles. The second kappa shape index (κ2) is 19.4. The number of fused-ring (bicyclic) bond motifs is 4. The van der Waals surface area contributed by atoms with Crippen LogP contribution in [-0.4, -0.2) is 17.6 Å². The first kappa shape index (κ1) is 46.8. The van der Waals surface area contributed by atoms with Crippen LogP contribution in [0.1, 0.15) is 88.7 Å². The van der Waals surface area contributed by atoms with Crippen molar-refractivity contribution < 1.29 is 29.9 Å². The smallest absolute Gasteiger partial charge is 0.179 e. The maximum Gasteiger partial charge on any atom is 0.179 e. The van der Waals surface area contributed by atoms with Gasteiger partial charge in [-0.25, -0.2) is 4.98 Å². The normalized spacial score (nSPS) is 13.8. The number of aryl methyl sites for hydroxylation is 1. The molecule has 0 spiro atoms. The van der Waals surface area contributed by atoms with Crippen LogP contribution >= 0.6 is 0 Å². The summed E-state index contributed by atoms with van der Waals surface area (Å²) in [5, 5.41) is 7.31. The third kappa shape index (κ3) is 9.11. The van der Waals surface area contributed by atoms with Gasteiger partial charge in [-0.2, -0.15) is 12.1 Å². The second-order valence-electron chi connectivity index (χ2n) is 22.5. The van der Waals surface area contributed by atoms with Crippen LogP contribution in [0.5, 0.6) is 11.5 Å². The average molecular weight is 1170 g/mol. The maximum atomic E-state index is 8.69. The third-order valence-corrected chi connectivity index (χ3v) is 19.2. The van der Waals surface area contributed by atoms with Gasteiger partial charge in [0.1, 0.15) is 5.82 Å². The van der Waals surface area contributed by atoms with Gasteiger partial charge in [-0.05, 0) is 108 Å². The Morgan fingerprint density at radius 3 is 1.72 bits per heavy atom. The van der Waals surface area contributed by atoms with Gasteiger partial charge in [-0.3, -0.25) is 0 Å². The van der Waals surface area contributed by atoms with E-state index in [1.165, 1.54) is 37.4 Å². The quantitative estimate of drug-likeness (QED) is 0.0819. The third-order valence-electron chi connectivity index (χ3n) is 14.4. The SMILES string of the molecule is [2H]C([2H])([2H])c1cccc2c1N(c1cc(C(C)(C)C)cc(C(C)(C)C)c1)[CH-]N2c1[c-]c(Oc2[c-]c3c(cc2)c2cc([Si](c4ccccc4)(c4ccccc4)c4ccccc4)ccc2n3-c2cc(C(C)(C)C)ccn2)ccc1.[Pt]. The van der Waals surface area contributed by atoms with E-state index in [2.05, 4.69) is 225 Å². The molecule has 10 aromatic rings. The largest absolute Gasteiger partial charge is 0.509 e. The van der Waals surface area contributed by atoms with Crippen LogP contribution in [0, 0.1) is 25.7 Å². The minimum Gasteiger partial charge on any atom is -0.509 e. The average Bonchev–Trinajstić information content (AvgIpc) is 4.03. The molecule has 0 N–H and O–H groups in total. The fourth-order valence-electron chi connectivity index (χ4n) is 10.5. The topological polar surface area (TPSA) is 33.5 Å². The molecule has 0 aliphatic carbocycles. The van der Waals surface area contributed by atoms with Crippen LogP contribution in [0.3, 0.4) is 0 Å². The fourth-order valence-corrected chi connectivity index (χ4v) is 15.3. The summed E-state index contributed by atoms with van der Waals surface area (Å²) >= 11 is 0. The molecule has 5 nitrogen and oxygen atoms in total. The van der Waals surface area contributed by atoms with Gasteiger partial charge >= 0.3 is 0 Å². The van der Waals surface area contributed by atoms with E-state index in [0.29, 0.717) is 22.9 Å². The van der Waals surface area contributed by atoms with E-state index >= 15 is 0 Å². The molecule has 1 aliphatic rings. The Labute approximate surface area is 458 Å². The van der Waals surface area contributed by atoms with E-state index in [1.807, 2.05) is 59.1 Å². The van der Waals surface area contributed by atoms with Crippen LogP contribution in [0.4, 0.5) is 22.7 Å². The van der Waals surface area contributed by atoms with E-state index < -0.39 is 14.9 Å². The Kier molecular flexibility index (Phi) is 12.2. The number of para-hydroxylation sites is 1. The van der Waals surface area contributed by atoms with Crippen molar-refractivity contribution in [2.75, 3.05) is 9.80 Å². The van der Waals surface area contributed by atoms with Crippen molar-refractivity contribution >= 4 is 73.4 Å². The summed E-state index contributed by atoms with van der Waals surface area (Å²) in [6, 6.07) is 73.8. The summed E-state index contributed by atoms with van der Waals surface area (Å²) in [5.41, 5.74) is 8.18. The molecule has 7 heteroatoms. The molecule has 8 aromatic carbocycles. The zero-order chi connectivity index (χ0) is 53.4. The Morgan fingerprint density at radius 2 is 1.12 bits per heavy atom. The molecule has 0 saturated heterocycles. The molecule has 0 fully saturated rings. The van der Waals surface area contributed by atoms with Gasteiger partial charge in [-0.15, -0.1) is 48.1 Å². The number of hydrogen-bond acceptors (Lipinski definition) is 4. The van der Waals surface area contributed by atoms with Gasteiger partial charge in [0.05, 0.1) is 0 Å². The first-order valence-corrected chi connectivity index (χ1v) is 27.3. The van der Waals surface area contributed by atoms with Gasteiger partial charge in [0.15, 0.2) is 8.07 Å². The number of hydrogen-bond donors (Lipinski definition) is 0. The van der Waals surface area contributed by atoms with Crippen molar-refractivity contribution in [3.8, 4) is 17.3 Å². The van der Waals surface area contributed by atoms with Crippen molar-refractivity contribution in [3.63, 3.8) is 0 Å². The standard InChI is InChI=1S/C67H63N4OSi.Pt/c1-46-22-20-31-61-64(46)70(51-39-48(66(5,6)7)38-49(40-51)67(8,9)10)45-69(61)50-23-21-24-52(42-50)72-53-32-34-58-59-44-57(33-35-60(59)71(62(58)43-53)63-41-47(36-37-68-63)65(2,3)4)73(54-25-14-11-15-26-54,55-27-16-12-17-28-55)56-29-18-13-19-30-56;/h11-41,44-45H,1-10H3;/q-3;/i1D3;. The molecule has 11 rings (SSSR count). The van der Waals surface area contributed by atoms with Gasteiger partial charge in [0.25, 0.3) is 0 Å². The number of ether oxygens (including phenoxy) is 1. The first-order valence-electron chi connectivity index (χ1n) is 26.8. The van der Waals surface area contributed by atoms with Crippen LogP contribution < -0.4 is 35.3 Å². The molecule has 0 unspecified atom stereocenters. The van der Waals surface area contributed by atoms with E-state index in [0.717, 1.165) is 39.0 Å². The molecule has 74 heavy (non-hydrogen) atoms. The molecule has 0 radical (unpaired) electrons. The predicted molar refractivity (Wildman–Crippen MR) is 309 cm³/mol. The molecule has 0 amide bonds. The summed E-state index contributed by atoms with van der Waals surface area (Å²) in [6.07, 6.45) is 1.90. The second-order valence-corrected chi connectivity index (χ2v) is 26.3. The van der Waals surface area contributed by atoms with E-state index in [4.69, 9.17) is 13.8 Å². The summed E-state index contributed by atoms with van der Waals surface area (Å²) < 4.78 is 35.1. The fraction of sp³-hybridized carbons (Fsp3) is 0.194. The molecule has 374 valence electrons. The summed E-state index contributed by atoms with van der Waals surface area (Å²) in [5.74, 6) is 1.80. The van der Waals surface area contributed by atoms with Gasteiger partial charge in [0.2, 0.25) is 0 Å². The summed E-state index contributed by atoms with van der Waals surface area (Å²) in [7, 11) is -2.87. The van der Waals surface area contributed by atoms with E-state index in [-0.39, 0.29) is 42.9 Å². The molecule has 2 aromatic heterocycles. The molecular weight excluding hydrogens is 1100 g/mol. The van der Waals surface area contributed by atoms with Gasteiger partial charge < -0.3 is 19.1 Å². The monoisotopic (exact) mass is 1170 g/mol. The molecular formula is C67H63N4OPtSi-3. The van der Waals surface area contributed by atoms with Crippen molar-refractivity contribution in [3.05, 3.63) is 235 Å². The maximum absolute atomic E-state index is 8.69. The van der Waals surface area contributed by atoms with Crippen molar-refractivity contribution in [1.82, 2.24) is 9.55 Å². The summed E-state index contributed by atoms with van der Waals surface area (Å²) in [6.45, 7) is 19.6. The molecule has 0 atom stereocenters. The summed E-state index contributed by atoms with van der Waals surface area (Å²) in [4.78, 5) is 9.08. The zero-order valence-electron chi connectivity index (χ0n) is 46.6. The van der Waals surface area contributed by atoms with Gasteiger partial charge in [-0.1, -0.05) is 189 Å². The molecule has 3 heterocycles. The predicted octanol–water partition coefficient (Wildman–Crippen LogP) is 14.6. The van der Waals surface area contributed by atoms with Crippen LogP contribution in [0.2, 0.25) is 0 Å². The molecule has 0 bridgehead atoms. The van der Waals surface area contributed by atoms with Crippen LogP contribution in [0.15, 0.2) is 194 Å². The van der Waals surface area contributed by atoms with Crippen molar-refractivity contribution in [1.29, 1.82) is 0 Å². The number of benzene rings is 8. The van der Waals surface area contributed by atoms with Crippen LogP contribution in [-0.2, 0) is 37.3 Å². The van der Waals surface area contributed by atoms with Crippen molar-refractivity contribution in [2.45, 2.75) is 85.4 Å². The van der Waals surface area contributed by atoms with Gasteiger partial charge in [0, 0.05) is 65.5 Å². The Balaban J connectivity index is 0.00000672. The zero-order valence-corrected chi connectivity index (χ0v) is 46.8. The Bertz CT molecular complexity index is 3650. The minimum absolute atomic E-state index is 0. The Morgan fingerprint density at radius 1 is 0.527 bits per heavy atom. The number of rotatable bonds is 9. The minimum atomic E-state index is -2.87.